The Balaban J connectivity index is 2.33. The maximum Gasteiger partial charge on any atom is 0.244 e. The van der Waals surface area contributed by atoms with Crippen LogP contribution >= 0.6 is 0 Å². The van der Waals surface area contributed by atoms with Crippen molar-refractivity contribution in [2.45, 2.75) is 24.8 Å². The number of nitrogens with zero attached hydrogens (tertiary/aromatic N) is 1. The highest BCUT2D eigenvalue weighted by Crippen LogP contribution is 2.24. The molecule has 2 rings (SSSR count). The van der Waals surface area contributed by atoms with Crippen LogP contribution in [0.3, 0.4) is 0 Å². The van der Waals surface area contributed by atoms with E-state index in [0.29, 0.717) is 0 Å². The zero-order valence-corrected chi connectivity index (χ0v) is 9.99. The molecule has 0 spiro atoms. The molecule has 4 nitrogen and oxygen atoms in total. The molecule has 0 aromatic heterocycles. The third-order valence-corrected chi connectivity index (χ3v) is 4.77. The standard InChI is InChI=1S/C11H13NO3S/c1-8-3-5-10(6-4-8)16(14,15)12-7-11(13)9(12)2/h3-6,9H,7H2,1-2H3/t9-/m1/s1. The second-order valence-corrected chi connectivity index (χ2v) is 5.90. The zero-order valence-electron chi connectivity index (χ0n) is 9.17. The van der Waals surface area contributed by atoms with Gasteiger partial charge in [-0.15, -0.1) is 0 Å². The molecule has 16 heavy (non-hydrogen) atoms. The normalized spacial score (nSPS) is 21.9. The predicted octanol–water partition coefficient (Wildman–Crippen LogP) is 0.957. The van der Waals surface area contributed by atoms with Crippen molar-refractivity contribution in [3.05, 3.63) is 29.8 Å². The van der Waals surface area contributed by atoms with Crippen LogP contribution in [0.15, 0.2) is 29.2 Å². The van der Waals surface area contributed by atoms with Gasteiger partial charge in [0, 0.05) is 0 Å². The molecule has 0 unspecified atom stereocenters. The van der Waals surface area contributed by atoms with E-state index in [2.05, 4.69) is 0 Å². The Labute approximate surface area is 94.9 Å². The molecule has 1 aliphatic heterocycles. The number of hydrogen-bond acceptors (Lipinski definition) is 3. The quantitative estimate of drug-likeness (QED) is 0.772. The van der Waals surface area contributed by atoms with Gasteiger partial charge in [-0.3, -0.25) is 4.79 Å². The van der Waals surface area contributed by atoms with Gasteiger partial charge in [0.25, 0.3) is 0 Å². The topological polar surface area (TPSA) is 54.5 Å². The van der Waals surface area contributed by atoms with Crippen LogP contribution in [0.4, 0.5) is 0 Å². The summed E-state index contributed by atoms with van der Waals surface area (Å²) in [7, 11) is -3.49. The number of aryl methyl sites for hydroxylation is 1. The molecule has 5 heteroatoms. The number of carbonyl (C=O) groups is 1. The van der Waals surface area contributed by atoms with Crippen molar-refractivity contribution < 1.29 is 13.2 Å². The lowest BCUT2D eigenvalue weighted by molar-refractivity contribution is -0.130. The van der Waals surface area contributed by atoms with Crippen LogP contribution < -0.4 is 0 Å². The third-order valence-electron chi connectivity index (χ3n) is 2.84. The fraction of sp³-hybridized carbons (Fsp3) is 0.364. The van der Waals surface area contributed by atoms with Crippen molar-refractivity contribution in [1.82, 2.24) is 4.31 Å². The van der Waals surface area contributed by atoms with Gasteiger partial charge in [-0.05, 0) is 26.0 Å². The van der Waals surface area contributed by atoms with Gasteiger partial charge in [0.05, 0.1) is 17.5 Å². The van der Waals surface area contributed by atoms with E-state index in [-0.39, 0.29) is 17.2 Å². The van der Waals surface area contributed by atoms with Gasteiger partial charge in [-0.2, -0.15) is 4.31 Å². The van der Waals surface area contributed by atoms with E-state index >= 15 is 0 Å². The number of Topliss-reactive ketones (excluding diaryl/α,β-unsaturated/α-hetero) is 1. The lowest BCUT2D eigenvalue weighted by Crippen LogP contribution is -2.57. The van der Waals surface area contributed by atoms with Gasteiger partial charge in [0.1, 0.15) is 0 Å². The fourth-order valence-corrected chi connectivity index (χ4v) is 3.19. The Bertz CT molecular complexity index is 519. The summed E-state index contributed by atoms with van der Waals surface area (Å²) in [5.74, 6) is -0.0318. The summed E-state index contributed by atoms with van der Waals surface area (Å²) in [4.78, 5) is 11.3. The van der Waals surface area contributed by atoms with Crippen molar-refractivity contribution in [3.8, 4) is 0 Å². The Kier molecular flexibility index (Phi) is 2.59. The molecule has 0 N–H and O–H groups in total. The summed E-state index contributed by atoms with van der Waals surface area (Å²) >= 11 is 0. The molecule has 1 aromatic rings. The maximum atomic E-state index is 12.1. The SMILES string of the molecule is Cc1ccc(S(=O)(=O)N2CC(=O)[C@H]2C)cc1. The minimum absolute atomic E-state index is 0.00260. The Morgan fingerprint density at radius 1 is 1.25 bits per heavy atom. The molecule has 1 fully saturated rings. The first-order valence-electron chi connectivity index (χ1n) is 5.04. The molecule has 1 saturated heterocycles. The van der Waals surface area contributed by atoms with E-state index in [4.69, 9.17) is 0 Å². The van der Waals surface area contributed by atoms with Crippen molar-refractivity contribution in [1.29, 1.82) is 0 Å². The van der Waals surface area contributed by atoms with E-state index in [9.17, 15) is 13.2 Å². The first-order valence-corrected chi connectivity index (χ1v) is 6.48. The minimum Gasteiger partial charge on any atom is -0.296 e. The highest BCUT2D eigenvalue weighted by molar-refractivity contribution is 7.89. The van der Waals surface area contributed by atoms with Gasteiger partial charge < -0.3 is 0 Å². The second-order valence-electron chi connectivity index (χ2n) is 4.01. The lowest BCUT2D eigenvalue weighted by atomic mass is 10.1. The zero-order chi connectivity index (χ0) is 11.9. The maximum absolute atomic E-state index is 12.1. The first kappa shape index (κ1) is 11.3. The number of benzene rings is 1. The van der Waals surface area contributed by atoms with Crippen LogP contribution in [0.2, 0.25) is 0 Å². The smallest absolute Gasteiger partial charge is 0.244 e. The van der Waals surface area contributed by atoms with E-state index in [1.165, 1.54) is 4.31 Å². The van der Waals surface area contributed by atoms with Crippen LogP contribution in [-0.4, -0.2) is 31.1 Å². The number of rotatable bonds is 2. The highest BCUT2D eigenvalue weighted by Gasteiger charge is 2.42. The van der Waals surface area contributed by atoms with Gasteiger partial charge in [-0.25, -0.2) is 8.42 Å². The van der Waals surface area contributed by atoms with Gasteiger partial charge >= 0.3 is 0 Å². The van der Waals surface area contributed by atoms with Gasteiger partial charge in [0.2, 0.25) is 10.0 Å². The number of sulfonamides is 1. The average molecular weight is 239 g/mol. The highest BCUT2D eigenvalue weighted by atomic mass is 32.2. The summed E-state index contributed by atoms with van der Waals surface area (Å²) in [6.45, 7) is 3.50. The van der Waals surface area contributed by atoms with Crippen molar-refractivity contribution in [2.24, 2.45) is 0 Å². The molecule has 0 bridgehead atoms. The molecule has 1 atom stereocenters. The second kappa shape index (κ2) is 3.68. The monoisotopic (exact) mass is 239 g/mol. The summed E-state index contributed by atoms with van der Waals surface area (Å²) in [5, 5.41) is 0. The number of carbonyl (C=O) groups excluding carboxylic acids is 1. The molecular formula is C11H13NO3S. The van der Waals surface area contributed by atoms with E-state index < -0.39 is 16.1 Å². The summed E-state index contributed by atoms with van der Waals surface area (Å²) in [5.41, 5.74) is 1.01. The molecule has 1 aliphatic rings. The van der Waals surface area contributed by atoms with Crippen LogP contribution in [0, 0.1) is 6.92 Å². The lowest BCUT2D eigenvalue weighted by Gasteiger charge is -2.35. The van der Waals surface area contributed by atoms with Crippen molar-refractivity contribution >= 4 is 15.8 Å². The van der Waals surface area contributed by atoms with Crippen molar-refractivity contribution in [2.75, 3.05) is 6.54 Å². The summed E-state index contributed by atoms with van der Waals surface area (Å²) in [6, 6.07) is 6.12. The average Bonchev–Trinajstić information content (AvgIpc) is 2.25. The van der Waals surface area contributed by atoms with Crippen LogP contribution in [0.25, 0.3) is 0 Å². The fourth-order valence-electron chi connectivity index (χ4n) is 1.61. The van der Waals surface area contributed by atoms with Crippen LogP contribution in [0.1, 0.15) is 12.5 Å². The van der Waals surface area contributed by atoms with Crippen molar-refractivity contribution in [3.63, 3.8) is 0 Å². The molecular weight excluding hydrogens is 226 g/mol. The van der Waals surface area contributed by atoms with Gasteiger partial charge in [0.15, 0.2) is 5.78 Å². The Morgan fingerprint density at radius 2 is 1.81 bits per heavy atom. The van der Waals surface area contributed by atoms with Crippen LogP contribution in [-0.2, 0) is 14.8 Å². The summed E-state index contributed by atoms with van der Waals surface area (Å²) in [6.07, 6.45) is 0. The molecule has 1 heterocycles. The van der Waals surface area contributed by atoms with E-state index in [0.717, 1.165) is 5.56 Å². The van der Waals surface area contributed by atoms with Crippen LogP contribution in [0.5, 0.6) is 0 Å². The largest absolute Gasteiger partial charge is 0.296 e. The van der Waals surface area contributed by atoms with Gasteiger partial charge in [-0.1, -0.05) is 17.7 Å². The first-order chi connectivity index (χ1) is 7.43. The number of ketones is 1. The minimum atomic E-state index is -3.49. The molecule has 86 valence electrons. The molecule has 1 aromatic carbocycles. The summed E-state index contributed by atoms with van der Waals surface area (Å²) < 4.78 is 25.3. The molecule has 0 amide bonds. The van der Waals surface area contributed by atoms with E-state index in [1.54, 1.807) is 31.2 Å². The van der Waals surface area contributed by atoms with E-state index in [1.807, 2.05) is 6.92 Å². The molecule has 0 saturated carbocycles. The molecule has 0 radical (unpaired) electrons. The Morgan fingerprint density at radius 3 is 2.25 bits per heavy atom. The predicted molar refractivity (Wildman–Crippen MR) is 59.5 cm³/mol. The number of hydrogen-bond donors (Lipinski definition) is 0. The Hall–Kier alpha value is -1.20. The molecule has 0 aliphatic carbocycles. The third kappa shape index (κ3) is 1.66.